The molecule has 9 heteroatoms. The Kier molecular flexibility index (Phi) is 4.57. The molecule has 3 atom stereocenters. The topological polar surface area (TPSA) is 146 Å². The molecule has 2 aliphatic rings. The van der Waals surface area contributed by atoms with Crippen molar-refractivity contribution in [1.29, 1.82) is 10.5 Å². The van der Waals surface area contributed by atoms with Crippen LogP contribution in [0.2, 0.25) is 0 Å². The van der Waals surface area contributed by atoms with Crippen LogP contribution in [0.3, 0.4) is 0 Å². The Labute approximate surface area is 158 Å². The molecule has 0 bridgehead atoms. The monoisotopic (exact) mass is 372 g/mol. The van der Waals surface area contributed by atoms with Crippen molar-refractivity contribution in [1.82, 2.24) is 0 Å². The van der Waals surface area contributed by atoms with Gasteiger partial charge in [0.15, 0.2) is 10.8 Å². The van der Waals surface area contributed by atoms with E-state index in [-0.39, 0.29) is 11.6 Å². The van der Waals surface area contributed by atoms with Gasteiger partial charge in [-0.15, -0.1) is 0 Å². The highest BCUT2D eigenvalue weighted by Gasteiger charge is 2.98. The quantitative estimate of drug-likeness (QED) is 0.444. The molecule has 2 rings (SSSR count). The number of nitrogens with zero attached hydrogens (tertiary/aromatic N) is 5. The summed E-state index contributed by atoms with van der Waals surface area (Å²) in [5.74, 6) is -3.70. The molecule has 144 valence electrons. The Hall–Kier alpha value is -2.94. The van der Waals surface area contributed by atoms with Crippen LogP contribution in [0.4, 0.5) is 0 Å². The molecular formula is C18H24N6O3. The van der Waals surface area contributed by atoms with Gasteiger partial charge in [0.1, 0.15) is 11.6 Å². The van der Waals surface area contributed by atoms with Crippen LogP contribution in [-0.4, -0.2) is 29.0 Å². The van der Waals surface area contributed by atoms with Crippen molar-refractivity contribution in [2.75, 3.05) is 0 Å². The van der Waals surface area contributed by atoms with Crippen LogP contribution in [0.5, 0.6) is 0 Å². The zero-order valence-corrected chi connectivity index (χ0v) is 16.6. The number of hydrogen-bond donors (Lipinski definition) is 1. The minimum Gasteiger partial charge on any atom is -0.386 e. The molecule has 1 heterocycles. The fraction of sp³-hybridized carbons (Fsp3) is 0.667. The molecule has 2 N–H and O–H groups in total. The smallest absolute Gasteiger partial charge is 0.386 e. The van der Waals surface area contributed by atoms with Gasteiger partial charge in [-0.1, -0.05) is 31.1 Å². The van der Waals surface area contributed by atoms with E-state index < -0.39 is 28.1 Å². The number of nitriles is 2. The second-order valence-corrected chi connectivity index (χ2v) is 8.23. The van der Waals surface area contributed by atoms with E-state index in [0.717, 1.165) is 0 Å². The van der Waals surface area contributed by atoms with Gasteiger partial charge >= 0.3 is 5.91 Å². The van der Waals surface area contributed by atoms with Gasteiger partial charge in [-0.05, 0) is 27.7 Å². The highest BCUT2D eigenvalue weighted by Crippen LogP contribution is 2.79. The Balaban J connectivity index is 2.74. The average molecular weight is 372 g/mol. The molecule has 27 heavy (non-hydrogen) atoms. The second-order valence-electron chi connectivity index (χ2n) is 8.23. The first-order chi connectivity index (χ1) is 12.4. The van der Waals surface area contributed by atoms with Crippen molar-refractivity contribution < 1.29 is 14.5 Å². The first kappa shape index (κ1) is 20.4. The third kappa shape index (κ3) is 2.49. The van der Waals surface area contributed by atoms with Crippen molar-refractivity contribution in [2.24, 2.45) is 43.2 Å². The zero-order chi connectivity index (χ0) is 20.8. The summed E-state index contributed by atoms with van der Waals surface area (Å²) in [6, 6.07) is 4.08. The van der Waals surface area contributed by atoms with Gasteiger partial charge < -0.3 is 15.4 Å². The summed E-state index contributed by atoms with van der Waals surface area (Å²) < 4.78 is 0. The lowest BCUT2D eigenvalue weighted by atomic mass is 9.84. The third-order valence-electron chi connectivity index (χ3n) is 4.63. The van der Waals surface area contributed by atoms with Crippen molar-refractivity contribution in [2.45, 2.75) is 54.4 Å². The minimum absolute atomic E-state index is 0.193. The van der Waals surface area contributed by atoms with Crippen LogP contribution in [0.1, 0.15) is 48.5 Å². The standard InChI is InChI=1S/C18H24N6O3/c1-10(2)23-26-18(27-24-11(3)4)17(9-20)12(13(25)15(5,6)7)16(17,8-19)14(21)22-18/h12H,1-7H3,(H2,21,22)/t12-,16-,17+/m1/s1. The summed E-state index contributed by atoms with van der Waals surface area (Å²) in [4.78, 5) is 28.2. The molecule has 0 amide bonds. The molecule has 0 unspecified atom stereocenters. The van der Waals surface area contributed by atoms with E-state index in [9.17, 15) is 15.3 Å². The van der Waals surface area contributed by atoms with E-state index in [1.54, 1.807) is 48.5 Å². The van der Waals surface area contributed by atoms with Crippen LogP contribution in [0.25, 0.3) is 0 Å². The normalized spacial score (nSPS) is 30.0. The average Bonchev–Trinajstić information content (AvgIpc) is 3.13. The summed E-state index contributed by atoms with van der Waals surface area (Å²) in [5.41, 5.74) is 2.83. The molecule has 1 saturated carbocycles. The predicted octanol–water partition coefficient (Wildman–Crippen LogP) is 2.10. The molecule has 1 aliphatic carbocycles. The van der Waals surface area contributed by atoms with Crippen molar-refractivity contribution >= 4 is 23.0 Å². The Morgan fingerprint density at radius 1 is 1.11 bits per heavy atom. The number of rotatable bonds is 5. The molecule has 0 aromatic carbocycles. The third-order valence-corrected chi connectivity index (χ3v) is 4.63. The molecule has 9 nitrogen and oxygen atoms in total. The second kappa shape index (κ2) is 6.05. The Bertz CT molecular complexity index is 826. The number of aliphatic imine (C=N–C) groups is 1. The molecule has 1 aliphatic heterocycles. The van der Waals surface area contributed by atoms with E-state index in [1.165, 1.54) is 0 Å². The van der Waals surface area contributed by atoms with E-state index in [2.05, 4.69) is 21.4 Å². The molecule has 1 fully saturated rings. The molecule has 0 radical (unpaired) electrons. The lowest BCUT2D eigenvalue weighted by Crippen LogP contribution is -2.43. The molecule has 0 aromatic rings. The molecule has 0 spiro atoms. The van der Waals surface area contributed by atoms with E-state index in [0.29, 0.717) is 11.4 Å². The SMILES string of the molecule is CC(C)=NOC1(ON=C(C)C)N=C(N)[C@@]2(C#N)[C@@H](C(=O)C(C)(C)C)[C@]12C#N. The highest BCUT2D eigenvalue weighted by atomic mass is 16.8. The number of carbonyl (C=O) groups excluding carboxylic acids is 1. The van der Waals surface area contributed by atoms with Gasteiger partial charge in [0.25, 0.3) is 0 Å². The van der Waals surface area contributed by atoms with Gasteiger partial charge in [0.2, 0.25) is 0 Å². The van der Waals surface area contributed by atoms with Crippen LogP contribution in [-0.2, 0) is 14.5 Å². The predicted molar refractivity (Wildman–Crippen MR) is 98.1 cm³/mol. The molecule has 0 aromatic heterocycles. The van der Waals surface area contributed by atoms with Crippen LogP contribution in [0.15, 0.2) is 15.3 Å². The van der Waals surface area contributed by atoms with E-state index >= 15 is 0 Å². The number of ketones is 1. The van der Waals surface area contributed by atoms with E-state index in [4.69, 9.17) is 15.4 Å². The Morgan fingerprint density at radius 2 is 1.59 bits per heavy atom. The first-order valence-corrected chi connectivity index (χ1v) is 8.47. The van der Waals surface area contributed by atoms with Crippen molar-refractivity contribution in [3.63, 3.8) is 0 Å². The van der Waals surface area contributed by atoms with Gasteiger partial charge in [-0.2, -0.15) is 15.5 Å². The largest absolute Gasteiger partial charge is 0.421 e. The lowest BCUT2D eigenvalue weighted by molar-refractivity contribution is -0.262. The van der Waals surface area contributed by atoms with E-state index in [1.807, 2.05) is 6.07 Å². The van der Waals surface area contributed by atoms with Gasteiger partial charge in [-0.3, -0.25) is 4.79 Å². The first-order valence-electron chi connectivity index (χ1n) is 8.47. The van der Waals surface area contributed by atoms with Crippen LogP contribution < -0.4 is 5.73 Å². The summed E-state index contributed by atoms with van der Waals surface area (Å²) in [6.45, 7) is 11.8. The van der Waals surface area contributed by atoms with Crippen molar-refractivity contribution in [3.05, 3.63) is 0 Å². The van der Waals surface area contributed by atoms with Gasteiger partial charge in [0.05, 0.1) is 29.5 Å². The minimum atomic E-state index is -2.12. The summed E-state index contributed by atoms with van der Waals surface area (Å²) in [6.07, 6.45) is 0. The lowest BCUT2D eigenvalue weighted by Gasteiger charge is -2.28. The van der Waals surface area contributed by atoms with Gasteiger partial charge in [-0.25, -0.2) is 0 Å². The maximum absolute atomic E-state index is 13.1. The summed E-state index contributed by atoms with van der Waals surface area (Å²) in [5, 5.41) is 27.7. The summed E-state index contributed by atoms with van der Waals surface area (Å²) in [7, 11) is 0. The van der Waals surface area contributed by atoms with Crippen molar-refractivity contribution in [3.8, 4) is 12.1 Å². The number of amidine groups is 1. The van der Waals surface area contributed by atoms with Crippen LogP contribution >= 0.6 is 0 Å². The fourth-order valence-corrected chi connectivity index (χ4v) is 3.36. The fourth-order valence-electron chi connectivity index (χ4n) is 3.36. The molecule has 0 saturated heterocycles. The highest BCUT2D eigenvalue weighted by molar-refractivity contribution is 6.08. The van der Waals surface area contributed by atoms with Crippen LogP contribution in [0, 0.1) is 44.8 Å². The number of fused-ring (bicyclic) bond motifs is 1. The van der Waals surface area contributed by atoms with Gasteiger partial charge in [0, 0.05) is 5.41 Å². The zero-order valence-electron chi connectivity index (χ0n) is 16.6. The number of nitrogens with two attached hydrogens (primary N) is 1. The maximum Gasteiger partial charge on any atom is 0.421 e. The number of Topliss-reactive ketones (excluding diaryl/α,β-unsaturated/α-hetero) is 1. The maximum atomic E-state index is 13.1. The number of carbonyl (C=O) groups is 1. The Morgan fingerprint density at radius 3 is 1.93 bits per heavy atom. The number of hydrogen-bond acceptors (Lipinski definition) is 9. The molecular weight excluding hydrogens is 348 g/mol. The summed E-state index contributed by atoms with van der Waals surface area (Å²) >= 11 is 0. The number of oxime groups is 2.